The summed E-state index contributed by atoms with van der Waals surface area (Å²) in [5.74, 6) is 0. The molecule has 1 aliphatic heterocycles. The Hall–Kier alpha value is -1.87. The summed E-state index contributed by atoms with van der Waals surface area (Å²) < 4.78 is 63.4. The van der Waals surface area contributed by atoms with Crippen LogP contribution in [0.1, 0.15) is 18.4 Å². The van der Waals surface area contributed by atoms with Gasteiger partial charge in [-0.25, -0.2) is 12.7 Å². The van der Waals surface area contributed by atoms with E-state index in [0.717, 1.165) is 17.8 Å². The number of piperidine rings is 1. The molecule has 0 amide bonds. The van der Waals surface area contributed by atoms with E-state index in [1.807, 2.05) is 0 Å². The highest BCUT2D eigenvalue weighted by atomic mass is 32.2. The monoisotopic (exact) mass is 387 g/mol. The minimum atomic E-state index is -4.40. The summed E-state index contributed by atoms with van der Waals surface area (Å²) in [5, 5.41) is 0.662. The molecule has 2 aromatic rings. The number of aromatic nitrogens is 1. The SMILES string of the molecule is CN(C1CCN(c2ccnc3cc(C(F)(F)F)ccc23)CC1)S(C)(=O)=O. The van der Waals surface area contributed by atoms with Crippen LogP contribution in [0.3, 0.4) is 0 Å². The van der Waals surface area contributed by atoms with Crippen LogP contribution < -0.4 is 4.90 Å². The lowest BCUT2D eigenvalue weighted by atomic mass is 10.0. The summed E-state index contributed by atoms with van der Waals surface area (Å²) in [6.45, 7) is 1.26. The zero-order valence-electron chi connectivity index (χ0n) is 14.5. The number of sulfonamides is 1. The Bertz CT molecular complexity index is 907. The molecule has 9 heteroatoms. The summed E-state index contributed by atoms with van der Waals surface area (Å²) in [4.78, 5) is 6.15. The van der Waals surface area contributed by atoms with E-state index in [1.165, 1.54) is 22.8 Å². The first-order valence-corrected chi connectivity index (χ1v) is 10.1. The van der Waals surface area contributed by atoms with E-state index < -0.39 is 21.8 Å². The lowest BCUT2D eigenvalue weighted by Crippen LogP contribution is -2.45. The zero-order valence-corrected chi connectivity index (χ0v) is 15.3. The molecule has 5 nitrogen and oxygen atoms in total. The van der Waals surface area contributed by atoms with Crippen molar-refractivity contribution in [3.63, 3.8) is 0 Å². The van der Waals surface area contributed by atoms with E-state index in [4.69, 9.17) is 0 Å². The highest BCUT2D eigenvalue weighted by Crippen LogP contribution is 2.34. The number of pyridine rings is 1. The van der Waals surface area contributed by atoms with Crippen LogP contribution in [0.15, 0.2) is 30.5 Å². The molecular formula is C17H20F3N3O2S. The number of halogens is 3. The Kier molecular flexibility index (Phi) is 4.87. The van der Waals surface area contributed by atoms with E-state index in [9.17, 15) is 21.6 Å². The fourth-order valence-corrected chi connectivity index (χ4v) is 4.08. The number of fused-ring (bicyclic) bond motifs is 1. The Labute approximate surface area is 150 Å². The molecule has 0 saturated carbocycles. The third kappa shape index (κ3) is 3.78. The van der Waals surface area contributed by atoms with Crippen LogP contribution in [-0.4, -0.2) is 50.1 Å². The first-order valence-electron chi connectivity index (χ1n) is 8.21. The van der Waals surface area contributed by atoms with E-state index in [2.05, 4.69) is 9.88 Å². The molecule has 142 valence electrons. The lowest BCUT2D eigenvalue weighted by molar-refractivity contribution is -0.137. The van der Waals surface area contributed by atoms with E-state index in [-0.39, 0.29) is 6.04 Å². The largest absolute Gasteiger partial charge is 0.416 e. The number of nitrogens with zero attached hydrogens (tertiary/aromatic N) is 3. The molecule has 0 bridgehead atoms. The molecule has 0 unspecified atom stereocenters. The summed E-state index contributed by atoms with van der Waals surface area (Å²) in [5.41, 5.74) is 0.403. The quantitative estimate of drug-likeness (QED) is 0.812. The summed E-state index contributed by atoms with van der Waals surface area (Å²) in [6, 6.07) is 5.30. The molecule has 0 radical (unpaired) electrons. The van der Waals surface area contributed by atoms with Crippen LogP contribution in [0.4, 0.5) is 18.9 Å². The topological polar surface area (TPSA) is 53.5 Å². The zero-order chi connectivity index (χ0) is 19.1. The highest BCUT2D eigenvalue weighted by molar-refractivity contribution is 7.88. The number of hydrogen-bond acceptors (Lipinski definition) is 4. The van der Waals surface area contributed by atoms with Crippen molar-refractivity contribution in [3.05, 3.63) is 36.0 Å². The lowest BCUT2D eigenvalue weighted by Gasteiger charge is -2.37. The average Bonchev–Trinajstić information content (AvgIpc) is 2.58. The predicted molar refractivity (Wildman–Crippen MR) is 94.6 cm³/mol. The number of alkyl halides is 3. The Morgan fingerprint density at radius 3 is 2.42 bits per heavy atom. The van der Waals surface area contributed by atoms with Crippen LogP contribution in [0.5, 0.6) is 0 Å². The number of hydrogen-bond donors (Lipinski definition) is 0. The third-order valence-electron chi connectivity index (χ3n) is 4.89. The maximum Gasteiger partial charge on any atom is 0.416 e. The number of benzene rings is 1. The minimum absolute atomic E-state index is 0.0637. The second-order valence-corrected chi connectivity index (χ2v) is 8.60. The predicted octanol–water partition coefficient (Wildman–Crippen LogP) is 3.11. The van der Waals surface area contributed by atoms with Gasteiger partial charge in [0.05, 0.1) is 17.3 Å². The first kappa shape index (κ1) is 18.9. The molecule has 0 atom stereocenters. The van der Waals surface area contributed by atoms with Crippen molar-refractivity contribution in [2.24, 2.45) is 0 Å². The molecule has 2 heterocycles. The molecule has 3 rings (SSSR count). The van der Waals surface area contributed by atoms with Gasteiger partial charge < -0.3 is 4.90 Å². The van der Waals surface area contributed by atoms with Gasteiger partial charge in [-0.3, -0.25) is 4.98 Å². The maximum absolute atomic E-state index is 12.9. The van der Waals surface area contributed by atoms with Crippen LogP contribution >= 0.6 is 0 Å². The third-order valence-corrected chi connectivity index (χ3v) is 6.23. The fraction of sp³-hybridized carbons (Fsp3) is 0.471. The second-order valence-electron chi connectivity index (χ2n) is 6.56. The van der Waals surface area contributed by atoms with Crippen molar-refractivity contribution in [1.29, 1.82) is 0 Å². The fourth-order valence-electron chi connectivity index (χ4n) is 3.33. The highest BCUT2D eigenvalue weighted by Gasteiger charge is 2.31. The summed E-state index contributed by atoms with van der Waals surface area (Å²) in [6.07, 6.45) is -0.386. The normalized spacial score (nSPS) is 17.2. The van der Waals surface area contributed by atoms with Gasteiger partial charge in [0.15, 0.2) is 0 Å². The number of anilines is 1. The van der Waals surface area contributed by atoms with Gasteiger partial charge >= 0.3 is 6.18 Å². The van der Waals surface area contributed by atoms with Crippen molar-refractivity contribution in [2.75, 3.05) is 31.3 Å². The van der Waals surface area contributed by atoms with Gasteiger partial charge in [0.2, 0.25) is 10.0 Å². The van der Waals surface area contributed by atoms with Crippen molar-refractivity contribution >= 4 is 26.6 Å². The minimum Gasteiger partial charge on any atom is -0.371 e. The van der Waals surface area contributed by atoms with E-state index in [0.29, 0.717) is 36.8 Å². The molecule has 1 saturated heterocycles. The van der Waals surface area contributed by atoms with Gasteiger partial charge in [-0.05, 0) is 31.0 Å². The molecule has 0 spiro atoms. The van der Waals surface area contributed by atoms with Gasteiger partial charge in [0.1, 0.15) is 0 Å². The smallest absolute Gasteiger partial charge is 0.371 e. The van der Waals surface area contributed by atoms with E-state index in [1.54, 1.807) is 13.1 Å². The molecule has 1 fully saturated rings. The Morgan fingerprint density at radius 1 is 1.19 bits per heavy atom. The molecule has 1 aliphatic rings. The molecular weight excluding hydrogens is 367 g/mol. The van der Waals surface area contributed by atoms with Crippen LogP contribution in [0.2, 0.25) is 0 Å². The van der Waals surface area contributed by atoms with E-state index >= 15 is 0 Å². The average molecular weight is 387 g/mol. The Morgan fingerprint density at radius 2 is 1.85 bits per heavy atom. The van der Waals surface area contributed by atoms with Crippen molar-refractivity contribution in [1.82, 2.24) is 9.29 Å². The Balaban J connectivity index is 1.84. The van der Waals surface area contributed by atoms with Gasteiger partial charge in [0.25, 0.3) is 0 Å². The van der Waals surface area contributed by atoms with Crippen molar-refractivity contribution in [3.8, 4) is 0 Å². The molecule has 0 N–H and O–H groups in total. The van der Waals surface area contributed by atoms with Crippen molar-refractivity contribution < 1.29 is 21.6 Å². The summed E-state index contributed by atoms with van der Waals surface area (Å²) in [7, 11) is -1.66. The van der Waals surface area contributed by atoms with Gasteiger partial charge in [-0.1, -0.05) is 6.07 Å². The van der Waals surface area contributed by atoms with Crippen LogP contribution in [-0.2, 0) is 16.2 Å². The van der Waals surface area contributed by atoms with Crippen molar-refractivity contribution in [2.45, 2.75) is 25.1 Å². The summed E-state index contributed by atoms with van der Waals surface area (Å²) >= 11 is 0. The molecule has 1 aromatic carbocycles. The van der Waals surface area contributed by atoms with Gasteiger partial charge in [0, 0.05) is 43.4 Å². The molecule has 26 heavy (non-hydrogen) atoms. The first-order chi connectivity index (χ1) is 12.1. The van der Waals surface area contributed by atoms with Gasteiger partial charge in [-0.2, -0.15) is 13.2 Å². The maximum atomic E-state index is 12.9. The second kappa shape index (κ2) is 6.70. The standard InChI is InChI=1S/C17H20F3N3O2S/c1-22(26(2,24)25)13-6-9-23(10-7-13)16-5-8-21-15-11-12(17(18,19)20)3-4-14(15)16/h3-5,8,11,13H,6-7,9-10H2,1-2H3. The molecule has 0 aliphatic carbocycles. The van der Waals surface area contributed by atoms with Crippen LogP contribution in [0, 0.1) is 0 Å². The van der Waals surface area contributed by atoms with Gasteiger partial charge in [-0.15, -0.1) is 0 Å². The molecule has 1 aromatic heterocycles. The number of rotatable bonds is 3. The van der Waals surface area contributed by atoms with Crippen LogP contribution in [0.25, 0.3) is 10.9 Å².